The average molecular weight is 323 g/mol. The van der Waals surface area contributed by atoms with E-state index in [4.69, 9.17) is 0 Å². The van der Waals surface area contributed by atoms with E-state index >= 15 is 0 Å². The molecular weight excluding hydrogens is 298 g/mol. The van der Waals surface area contributed by atoms with Gasteiger partial charge in [-0.05, 0) is 13.3 Å². The number of thiazole rings is 1. The van der Waals surface area contributed by atoms with Gasteiger partial charge in [0, 0.05) is 43.2 Å². The second-order valence-corrected chi connectivity index (χ2v) is 6.82. The molecule has 2 rings (SSSR count). The van der Waals surface area contributed by atoms with Gasteiger partial charge in [0.2, 0.25) is 5.91 Å². The van der Waals surface area contributed by atoms with Crippen molar-refractivity contribution in [1.82, 2.24) is 20.5 Å². The SMILES string of the molecule is CN=C(NCc1nc(C)cs1)N[C@@H]1CCN(C(=O)C(C)C)C1. The normalized spacial score (nSPS) is 18.9. The summed E-state index contributed by atoms with van der Waals surface area (Å²) in [6.07, 6.45) is 0.954. The van der Waals surface area contributed by atoms with Crippen molar-refractivity contribution in [3.63, 3.8) is 0 Å². The van der Waals surface area contributed by atoms with E-state index in [0.29, 0.717) is 6.54 Å². The van der Waals surface area contributed by atoms with Crippen LogP contribution in [0.4, 0.5) is 0 Å². The maximum Gasteiger partial charge on any atom is 0.225 e. The number of rotatable bonds is 4. The number of aromatic nitrogens is 1. The molecule has 0 aromatic carbocycles. The fourth-order valence-electron chi connectivity index (χ4n) is 2.47. The van der Waals surface area contributed by atoms with Crippen LogP contribution in [0.25, 0.3) is 0 Å². The van der Waals surface area contributed by atoms with Gasteiger partial charge in [-0.25, -0.2) is 4.98 Å². The van der Waals surface area contributed by atoms with Crippen LogP contribution in [0.3, 0.4) is 0 Å². The number of likely N-dealkylation sites (tertiary alicyclic amines) is 1. The zero-order valence-corrected chi connectivity index (χ0v) is 14.5. The molecule has 0 spiro atoms. The molecule has 0 bridgehead atoms. The van der Waals surface area contributed by atoms with Crippen LogP contribution < -0.4 is 10.6 Å². The Morgan fingerprint density at radius 1 is 1.59 bits per heavy atom. The Morgan fingerprint density at radius 2 is 2.36 bits per heavy atom. The Labute approximate surface area is 136 Å². The van der Waals surface area contributed by atoms with Crippen molar-refractivity contribution in [2.24, 2.45) is 10.9 Å². The molecule has 2 heterocycles. The van der Waals surface area contributed by atoms with Gasteiger partial charge in [0.25, 0.3) is 0 Å². The third-order valence-electron chi connectivity index (χ3n) is 3.63. The third kappa shape index (κ3) is 4.43. The summed E-state index contributed by atoms with van der Waals surface area (Å²) in [7, 11) is 1.76. The van der Waals surface area contributed by atoms with Crippen LogP contribution in [0.15, 0.2) is 10.4 Å². The monoisotopic (exact) mass is 323 g/mol. The number of nitrogens with zero attached hydrogens (tertiary/aromatic N) is 3. The highest BCUT2D eigenvalue weighted by atomic mass is 32.1. The second kappa shape index (κ2) is 7.58. The smallest absolute Gasteiger partial charge is 0.225 e. The molecular formula is C15H25N5OS. The number of nitrogens with one attached hydrogen (secondary N) is 2. The molecule has 7 heteroatoms. The van der Waals surface area contributed by atoms with Crippen molar-refractivity contribution in [3.05, 3.63) is 16.1 Å². The molecule has 1 fully saturated rings. The first kappa shape index (κ1) is 16.7. The standard InChI is InChI=1S/C15H25N5OS/c1-10(2)14(21)20-6-5-12(8-20)19-15(16-4)17-7-13-18-11(3)9-22-13/h9-10,12H,5-8H2,1-4H3,(H2,16,17,19)/t12-/m1/s1. The number of amides is 1. The van der Waals surface area contributed by atoms with Crippen molar-refractivity contribution in [2.75, 3.05) is 20.1 Å². The van der Waals surface area contributed by atoms with E-state index in [1.165, 1.54) is 0 Å². The Bertz CT molecular complexity index is 540. The van der Waals surface area contributed by atoms with Gasteiger partial charge in [0.1, 0.15) is 5.01 Å². The van der Waals surface area contributed by atoms with Crippen molar-refractivity contribution >= 4 is 23.2 Å². The van der Waals surface area contributed by atoms with Gasteiger partial charge in [0.05, 0.1) is 6.54 Å². The molecule has 1 aliphatic heterocycles. The molecule has 6 nitrogen and oxygen atoms in total. The Kier molecular flexibility index (Phi) is 5.76. The summed E-state index contributed by atoms with van der Waals surface area (Å²) in [5.74, 6) is 1.05. The van der Waals surface area contributed by atoms with Gasteiger partial charge in [-0.15, -0.1) is 11.3 Å². The Hall–Kier alpha value is -1.63. The van der Waals surface area contributed by atoms with Gasteiger partial charge in [0.15, 0.2) is 5.96 Å². The fraction of sp³-hybridized carbons (Fsp3) is 0.667. The van der Waals surface area contributed by atoms with Crippen LogP contribution in [0.1, 0.15) is 31.0 Å². The molecule has 0 aliphatic carbocycles. The lowest BCUT2D eigenvalue weighted by molar-refractivity contribution is -0.133. The number of aryl methyl sites for hydroxylation is 1. The molecule has 122 valence electrons. The van der Waals surface area contributed by atoms with E-state index in [1.807, 2.05) is 31.1 Å². The van der Waals surface area contributed by atoms with E-state index in [1.54, 1.807) is 18.4 Å². The Morgan fingerprint density at radius 3 is 2.95 bits per heavy atom. The van der Waals surface area contributed by atoms with E-state index in [0.717, 1.165) is 36.2 Å². The summed E-state index contributed by atoms with van der Waals surface area (Å²) in [4.78, 5) is 22.6. The van der Waals surface area contributed by atoms with E-state index in [-0.39, 0.29) is 17.9 Å². The number of aliphatic imine (C=N–C) groups is 1. The minimum absolute atomic E-state index is 0.0596. The zero-order valence-electron chi connectivity index (χ0n) is 13.7. The molecule has 1 amide bonds. The highest BCUT2D eigenvalue weighted by Crippen LogP contribution is 2.13. The lowest BCUT2D eigenvalue weighted by Crippen LogP contribution is -2.45. The molecule has 1 aliphatic rings. The van der Waals surface area contributed by atoms with Crippen molar-refractivity contribution in [2.45, 2.75) is 39.8 Å². The summed E-state index contributed by atoms with van der Waals surface area (Å²) in [6, 6.07) is 0.256. The van der Waals surface area contributed by atoms with Crippen LogP contribution >= 0.6 is 11.3 Å². The van der Waals surface area contributed by atoms with E-state index in [2.05, 4.69) is 20.6 Å². The minimum Gasteiger partial charge on any atom is -0.352 e. The zero-order chi connectivity index (χ0) is 16.1. The van der Waals surface area contributed by atoms with Gasteiger partial charge >= 0.3 is 0 Å². The van der Waals surface area contributed by atoms with Crippen LogP contribution in [0.2, 0.25) is 0 Å². The topological polar surface area (TPSA) is 69.6 Å². The number of hydrogen-bond acceptors (Lipinski definition) is 4. The number of carbonyl (C=O) groups excluding carboxylic acids is 1. The summed E-state index contributed by atoms with van der Waals surface area (Å²) in [6.45, 7) is 8.11. The molecule has 2 N–H and O–H groups in total. The minimum atomic E-state index is 0.0596. The molecule has 1 aromatic heterocycles. The van der Waals surface area contributed by atoms with Crippen LogP contribution in [-0.4, -0.2) is 47.9 Å². The lowest BCUT2D eigenvalue weighted by atomic mass is 10.2. The number of carbonyl (C=O) groups is 1. The van der Waals surface area contributed by atoms with Gasteiger partial charge in [-0.2, -0.15) is 0 Å². The van der Waals surface area contributed by atoms with Crippen LogP contribution in [0, 0.1) is 12.8 Å². The first-order valence-electron chi connectivity index (χ1n) is 7.66. The first-order valence-corrected chi connectivity index (χ1v) is 8.54. The van der Waals surface area contributed by atoms with Gasteiger partial charge in [-0.1, -0.05) is 13.8 Å². The lowest BCUT2D eigenvalue weighted by Gasteiger charge is -2.20. The first-order chi connectivity index (χ1) is 10.5. The maximum absolute atomic E-state index is 12.0. The molecule has 0 radical (unpaired) electrons. The fourth-order valence-corrected chi connectivity index (χ4v) is 3.19. The molecule has 0 unspecified atom stereocenters. The van der Waals surface area contributed by atoms with Crippen molar-refractivity contribution in [1.29, 1.82) is 0 Å². The number of guanidine groups is 1. The van der Waals surface area contributed by atoms with Gasteiger partial charge in [-0.3, -0.25) is 9.79 Å². The van der Waals surface area contributed by atoms with E-state index < -0.39 is 0 Å². The number of hydrogen-bond donors (Lipinski definition) is 2. The summed E-state index contributed by atoms with van der Waals surface area (Å²) >= 11 is 1.64. The highest BCUT2D eigenvalue weighted by molar-refractivity contribution is 7.09. The molecule has 1 saturated heterocycles. The van der Waals surface area contributed by atoms with Crippen molar-refractivity contribution < 1.29 is 4.79 Å². The maximum atomic E-state index is 12.0. The molecule has 1 atom stereocenters. The second-order valence-electron chi connectivity index (χ2n) is 5.88. The van der Waals surface area contributed by atoms with Gasteiger partial charge < -0.3 is 15.5 Å². The predicted octanol–water partition coefficient (Wildman–Crippen LogP) is 1.37. The summed E-state index contributed by atoms with van der Waals surface area (Å²) < 4.78 is 0. The van der Waals surface area contributed by atoms with Crippen LogP contribution in [0.5, 0.6) is 0 Å². The molecule has 22 heavy (non-hydrogen) atoms. The Balaban J connectivity index is 1.80. The average Bonchev–Trinajstić information content (AvgIpc) is 3.11. The highest BCUT2D eigenvalue weighted by Gasteiger charge is 2.27. The summed E-state index contributed by atoms with van der Waals surface area (Å²) in [5, 5.41) is 9.75. The molecule has 0 saturated carbocycles. The third-order valence-corrected chi connectivity index (χ3v) is 4.60. The van der Waals surface area contributed by atoms with Crippen LogP contribution in [-0.2, 0) is 11.3 Å². The van der Waals surface area contributed by atoms with E-state index in [9.17, 15) is 4.79 Å². The summed E-state index contributed by atoms with van der Waals surface area (Å²) in [5.41, 5.74) is 1.04. The largest absolute Gasteiger partial charge is 0.352 e. The van der Waals surface area contributed by atoms with Crippen molar-refractivity contribution in [3.8, 4) is 0 Å². The predicted molar refractivity (Wildman–Crippen MR) is 90.0 cm³/mol. The molecule has 1 aromatic rings. The quantitative estimate of drug-likeness (QED) is 0.649.